The fourth-order valence-electron chi connectivity index (χ4n) is 2.15. The van der Waals surface area contributed by atoms with Crippen molar-refractivity contribution in [1.82, 2.24) is 0 Å². The van der Waals surface area contributed by atoms with Crippen LogP contribution in [-0.4, -0.2) is 38.5 Å². The van der Waals surface area contributed by atoms with Crippen LogP contribution in [0.1, 0.15) is 12.8 Å². The van der Waals surface area contributed by atoms with Gasteiger partial charge in [0.25, 0.3) is 0 Å². The standard InChI is InChI=1S/C13H19NO3/c1-16-11-3-4-13(17-2)12(9-11)14-7-5-10(15)6-8-14/h3-4,9-10,15H,5-8H2,1-2H3. The second-order valence-corrected chi connectivity index (χ2v) is 4.26. The molecular weight excluding hydrogens is 218 g/mol. The average Bonchev–Trinajstić information content (AvgIpc) is 2.39. The smallest absolute Gasteiger partial charge is 0.142 e. The minimum Gasteiger partial charge on any atom is -0.497 e. The van der Waals surface area contributed by atoms with Gasteiger partial charge in [0.05, 0.1) is 26.0 Å². The largest absolute Gasteiger partial charge is 0.497 e. The highest BCUT2D eigenvalue weighted by Gasteiger charge is 2.20. The molecule has 94 valence electrons. The van der Waals surface area contributed by atoms with Gasteiger partial charge in [-0.2, -0.15) is 0 Å². The summed E-state index contributed by atoms with van der Waals surface area (Å²) in [6.07, 6.45) is 1.45. The van der Waals surface area contributed by atoms with E-state index in [-0.39, 0.29) is 6.10 Å². The van der Waals surface area contributed by atoms with Gasteiger partial charge in [0.1, 0.15) is 11.5 Å². The van der Waals surface area contributed by atoms with Crippen molar-refractivity contribution in [2.75, 3.05) is 32.2 Å². The number of methoxy groups -OCH3 is 2. The number of benzene rings is 1. The lowest BCUT2D eigenvalue weighted by molar-refractivity contribution is 0.145. The van der Waals surface area contributed by atoms with Crippen molar-refractivity contribution in [2.45, 2.75) is 18.9 Å². The van der Waals surface area contributed by atoms with Gasteiger partial charge >= 0.3 is 0 Å². The molecule has 2 rings (SSSR count). The zero-order valence-electron chi connectivity index (χ0n) is 10.3. The van der Waals surface area contributed by atoms with E-state index in [1.165, 1.54) is 0 Å². The molecule has 0 aromatic heterocycles. The number of aliphatic hydroxyl groups excluding tert-OH is 1. The summed E-state index contributed by atoms with van der Waals surface area (Å²) in [5.74, 6) is 1.68. The first-order valence-corrected chi connectivity index (χ1v) is 5.89. The van der Waals surface area contributed by atoms with Crippen molar-refractivity contribution < 1.29 is 14.6 Å². The molecule has 0 amide bonds. The Hall–Kier alpha value is -1.42. The van der Waals surface area contributed by atoms with Crippen LogP contribution in [0.25, 0.3) is 0 Å². The van der Waals surface area contributed by atoms with Crippen molar-refractivity contribution in [2.24, 2.45) is 0 Å². The molecule has 0 unspecified atom stereocenters. The van der Waals surface area contributed by atoms with Crippen molar-refractivity contribution >= 4 is 5.69 Å². The van der Waals surface area contributed by atoms with Gasteiger partial charge in [0.2, 0.25) is 0 Å². The van der Waals surface area contributed by atoms with Gasteiger partial charge in [-0.15, -0.1) is 0 Å². The molecule has 1 aliphatic heterocycles. The predicted molar refractivity (Wildman–Crippen MR) is 67.0 cm³/mol. The van der Waals surface area contributed by atoms with Crippen molar-refractivity contribution in [1.29, 1.82) is 0 Å². The fraction of sp³-hybridized carbons (Fsp3) is 0.538. The number of hydrogen-bond acceptors (Lipinski definition) is 4. The van der Waals surface area contributed by atoms with Gasteiger partial charge < -0.3 is 19.5 Å². The van der Waals surface area contributed by atoms with Gasteiger partial charge in [-0.3, -0.25) is 0 Å². The summed E-state index contributed by atoms with van der Waals surface area (Å²) in [6, 6.07) is 5.79. The molecule has 0 atom stereocenters. The summed E-state index contributed by atoms with van der Waals surface area (Å²) in [6.45, 7) is 1.70. The number of piperidine rings is 1. The lowest BCUT2D eigenvalue weighted by Crippen LogP contribution is -2.35. The molecule has 0 spiro atoms. The topological polar surface area (TPSA) is 41.9 Å². The lowest BCUT2D eigenvalue weighted by atomic mass is 10.1. The Bertz CT molecular complexity index is 373. The number of aliphatic hydroxyl groups is 1. The Morgan fingerprint density at radius 3 is 2.47 bits per heavy atom. The zero-order chi connectivity index (χ0) is 12.3. The van der Waals surface area contributed by atoms with Crippen LogP contribution in [0.4, 0.5) is 5.69 Å². The first kappa shape index (κ1) is 12.0. The number of nitrogens with zero attached hydrogens (tertiary/aromatic N) is 1. The van der Waals surface area contributed by atoms with Crippen LogP contribution in [0.5, 0.6) is 11.5 Å². The Morgan fingerprint density at radius 2 is 1.88 bits per heavy atom. The number of rotatable bonds is 3. The highest BCUT2D eigenvalue weighted by atomic mass is 16.5. The third-order valence-electron chi connectivity index (χ3n) is 3.19. The molecule has 1 fully saturated rings. The Labute approximate surface area is 102 Å². The maximum absolute atomic E-state index is 9.52. The van der Waals surface area contributed by atoms with Crippen molar-refractivity contribution in [3.05, 3.63) is 18.2 Å². The maximum Gasteiger partial charge on any atom is 0.142 e. The van der Waals surface area contributed by atoms with E-state index in [0.717, 1.165) is 43.1 Å². The second kappa shape index (κ2) is 5.27. The second-order valence-electron chi connectivity index (χ2n) is 4.26. The lowest BCUT2D eigenvalue weighted by Gasteiger charge is -2.32. The van der Waals surface area contributed by atoms with E-state index in [2.05, 4.69) is 4.90 Å². The summed E-state index contributed by atoms with van der Waals surface area (Å²) in [5.41, 5.74) is 1.04. The minimum absolute atomic E-state index is 0.164. The normalized spacial score (nSPS) is 17.0. The molecule has 0 aliphatic carbocycles. The van der Waals surface area contributed by atoms with Crippen LogP contribution in [0.2, 0.25) is 0 Å². The van der Waals surface area contributed by atoms with Gasteiger partial charge in [0, 0.05) is 19.2 Å². The number of anilines is 1. The highest BCUT2D eigenvalue weighted by Crippen LogP contribution is 2.33. The van der Waals surface area contributed by atoms with Crippen LogP contribution in [-0.2, 0) is 0 Å². The van der Waals surface area contributed by atoms with Gasteiger partial charge in [0.15, 0.2) is 0 Å². The summed E-state index contributed by atoms with van der Waals surface area (Å²) >= 11 is 0. The average molecular weight is 237 g/mol. The first-order chi connectivity index (χ1) is 8.24. The molecule has 17 heavy (non-hydrogen) atoms. The summed E-state index contributed by atoms with van der Waals surface area (Å²) in [5, 5.41) is 9.52. The SMILES string of the molecule is COc1ccc(OC)c(N2CCC(O)CC2)c1. The van der Waals surface area contributed by atoms with Crippen LogP contribution in [0.15, 0.2) is 18.2 Å². The fourth-order valence-corrected chi connectivity index (χ4v) is 2.15. The van der Waals surface area contributed by atoms with Crippen LogP contribution in [0, 0.1) is 0 Å². The van der Waals surface area contributed by atoms with Crippen LogP contribution in [0.3, 0.4) is 0 Å². The van der Waals surface area contributed by atoms with Crippen molar-refractivity contribution in [3.63, 3.8) is 0 Å². The molecule has 1 aliphatic rings. The minimum atomic E-state index is -0.164. The molecule has 4 heteroatoms. The third kappa shape index (κ3) is 2.64. The summed E-state index contributed by atoms with van der Waals surface area (Å²) in [7, 11) is 3.33. The van der Waals surface area contributed by atoms with E-state index in [4.69, 9.17) is 9.47 Å². The Balaban J connectivity index is 2.23. The van der Waals surface area contributed by atoms with Gasteiger partial charge in [-0.1, -0.05) is 0 Å². The Morgan fingerprint density at radius 1 is 1.18 bits per heavy atom. The Kier molecular flexibility index (Phi) is 3.74. The molecule has 0 saturated carbocycles. The molecule has 1 saturated heterocycles. The molecule has 1 aromatic rings. The third-order valence-corrected chi connectivity index (χ3v) is 3.19. The number of hydrogen-bond donors (Lipinski definition) is 1. The molecular formula is C13H19NO3. The predicted octanol–water partition coefficient (Wildman–Crippen LogP) is 1.66. The van der Waals surface area contributed by atoms with Crippen molar-refractivity contribution in [3.8, 4) is 11.5 Å². The molecule has 4 nitrogen and oxygen atoms in total. The highest BCUT2D eigenvalue weighted by molar-refractivity contribution is 5.61. The van der Waals surface area contributed by atoms with E-state index in [9.17, 15) is 5.11 Å². The molecule has 1 aromatic carbocycles. The van der Waals surface area contributed by atoms with E-state index in [0.29, 0.717) is 0 Å². The first-order valence-electron chi connectivity index (χ1n) is 5.89. The summed E-state index contributed by atoms with van der Waals surface area (Å²) < 4.78 is 10.6. The molecule has 1 N–H and O–H groups in total. The van der Waals surface area contributed by atoms with E-state index in [1.54, 1.807) is 14.2 Å². The van der Waals surface area contributed by atoms with Crippen LogP contribution >= 0.6 is 0 Å². The van der Waals surface area contributed by atoms with Crippen LogP contribution < -0.4 is 14.4 Å². The van der Waals surface area contributed by atoms with E-state index in [1.807, 2.05) is 18.2 Å². The molecule has 0 radical (unpaired) electrons. The monoisotopic (exact) mass is 237 g/mol. The van der Waals surface area contributed by atoms with E-state index >= 15 is 0 Å². The number of ether oxygens (including phenoxy) is 2. The molecule has 1 heterocycles. The van der Waals surface area contributed by atoms with E-state index < -0.39 is 0 Å². The zero-order valence-corrected chi connectivity index (χ0v) is 10.3. The quantitative estimate of drug-likeness (QED) is 0.868. The summed E-state index contributed by atoms with van der Waals surface area (Å²) in [4.78, 5) is 2.23. The maximum atomic E-state index is 9.52. The van der Waals surface area contributed by atoms with Gasteiger partial charge in [-0.05, 0) is 25.0 Å². The van der Waals surface area contributed by atoms with Gasteiger partial charge in [-0.25, -0.2) is 0 Å². The molecule has 0 bridgehead atoms.